The molecule has 0 aromatic heterocycles. The van der Waals surface area contributed by atoms with E-state index in [1.807, 2.05) is 12.1 Å². The Morgan fingerprint density at radius 2 is 2.07 bits per heavy atom. The average molecular weight is 207 g/mol. The zero-order chi connectivity index (χ0) is 10.7. The highest BCUT2D eigenvalue weighted by Crippen LogP contribution is 2.31. The normalized spacial score (nSPS) is 15.1. The summed E-state index contributed by atoms with van der Waals surface area (Å²) in [4.78, 5) is 0. The average Bonchev–Trinajstić information content (AvgIpc) is 3.09. The molecular weight excluding hydrogens is 190 g/mol. The van der Waals surface area contributed by atoms with Gasteiger partial charge in [-0.25, -0.2) is 0 Å². The van der Waals surface area contributed by atoms with Crippen LogP contribution in [-0.2, 0) is 6.54 Å². The molecule has 2 rings (SSSR count). The summed E-state index contributed by atoms with van der Waals surface area (Å²) >= 11 is 0. The van der Waals surface area contributed by atoms with E-state index >= 15 is 0 Å². The lowest BCUT2D eigenvalue weighted by Gasteiger charge is -2.12. The van der Waals surface area contributed by atoms with Crippen LogP contribution in [0.2, 0.25) is 0 Å². The molecule has 1 N–H and O–H groups in total. The zero-order valence-corrected chi connectivity index (χ0v) is 9.25. The van der Waals surface area contributed by atoms with Crippen molar-refractivity contribution < 1.29 is 9.47 Å². The van der Waals surface area contributed by atoms with Crippen molar-refractivity contribution in [2.24, 2.45) is 0 Å². The SMILES string of the molecule is COc1cccc(CNC2CC2)c1OC. The maximum atomic E-state index is 5.36. The van der Waals surface area contributed by atoms with Gasteiger partial charge >= 0.3 is 0 Å². The van der Waals surface area contributed by atoms with Gasteiger partial charge in [0.1, 0.15) is 0 Å². The minimum Gasteiger partial charge on any atom is -0.493 e. The first kappa shape index (κ1) is 10.3. The third-order valence-corrected chi connectivity index (χ3v) is 2.64. The standard InChI is InChI=1S/C12H17NO2/c1-14-11-5-3-4-9(12(11)15-2)8-13-10-6-7-10/h3-5,10,13H,6-8H2,1-2H3. The molecule has 0 heterocycles. The highest BCUT2D eigenvalue weighted by atomic mass is 16.5. The molecule has 0 amide bonds. The first-order valence-electron chi connectivity index (χ1n) is 5.28. The first-order valence-corrected chi connectivity index (χ1v) is 5.28. The number of benzene rings is 1. The quantitative estimate of drug-likeness (QED) is 0.800. The Balaban J connectivity index is 2.12. The molecule has 82 valence electrons. The van der Waals surface area contributed by atoms with Gasteiger partial charge in [0.2, 0.25) is 0 Å². The summed E-state index contributed by atoms with van der Waals surface area (Å²) in [6.07, 6.45) is 2.60. The van der Waals surface area contributed by atoms with E-state index in [1.54, 1.807) is 14.2 Å². The summed E-state index contributed by atoms with van der Waals surface area (Å²) < 4.78 is 10.6. The van der Waals surface area contributed by atoms with Gasteiger partial charge in [-0.3, -0.25) is 0 Å². The molecule has 1 fully saturated rings. The molecule has 0 saturated heterocycles. The number of rotatable bonds is 5. The van der Waals surface area contributed by atoms with Crippen LogP contribution in [0.3, 0.4) is 0 Å². The highest BCUT2D eigenvalue weighted by Gasteiger charge is 2.21. The van der Waals surface area contributed by atoms with Gasteiger partial charge in [-0.1, -0.05) is 12.1 Å². The smallest absolute Gasteiger partial charge is 0.165 e. The van der Waals surface area contributed by atoms with E-state index in [0.29, 0.717) is 6.04 Å². The van der Waals surface area contributed by atoms with Crippen LogP contribution in [0.1, 0.15) is 18.4 Å². The molecule has 0 spiro atoms. The van der Waals surface area contributed by atoms with E-state index in [0.717, 1.165) is 23.6 Å². The van der Waals surface area contributed by atoms with Crippen molar-refractivity contribution in [2.45, 2.75) is 25.4 Å². The molecular formula is C12H17NO2. The molecule has 3 heteroatoms. The van der Waals surface area contributed by atoms with E-state index < -0.39 is 0 Å². The molecule has 0 aliphatic heterocycles. The number of hydrogen-bond acceptors (Lipinski definition) is 3. The molecule has 1 aromatic carbocycles. The molecule has 0 unspecified atom stereocenters. The van der Waals surface area contributed by atoms with Crippen molar-refractivity contribution in [1.29, 1.82) is 0 Å². The molecule has 0 atom stereocenters. The van der Waals surface area contributed by atoms with Crippen molar-refractivity contribution in [1.82, 2.24) is 5.32 Å². The third-order valence-electron chi connectivity index (χ3n) is 2.64. The predicted octanol–water partition coefficient (Wildman–Crippen LogP) is 1.96. The van der Waals surface area contributed by atoms with Gasteiger partial charge < -0.3 is 14.8 Å². The van der Waals surface area contributed by atoms with Crippen molar-refractivity contribution in [3.8, 4) is 11.5 Å². The topological polar surface area (TPSA) is 30.5 Å². The maximum Gasteiger partial charge on any atom is 0.165 e. The summed E-state index contributed by atoms with van der Waals surface area (Å²) in [5.74, 6) is 1.64. The largest absolute Gasteiger partial charge is 0.493 e. The van der Waals surface area contributed by atoms with Crippen molar-refractivity contribution in [3.63, 3.8) is 0 Å². The summed E-state index contributed by atoms with van der Waals surface area (Å²) in [5, 5.41) is 3.46. The number of hydrogen-bond donors (Lipinski definition) is 1. The van der Waals surface area contributed by atoms with Gasteiger partial charge in [0.25, 0.3) is 0 Å². The van der Waals surface area contributed by atoms with Crippen LogP contribution in [-0.4, -0.2) is 20.3 Å². The van der Waals surface area contributed by atoms with E-state index in [2.05, 4.69) is 11.4 Å². The maximum absolute atomic E-state index is 5.36. The van der Waals surface area contributed by atoms with Crippen LogP contribution in [0.5, 0.6) is 11.5 Å². The predicted molar refractivity (Wildman–Crippen MR) is 59.4 cm³/mol. The molecule has 0 radical (unpaired) electrons. The van der Waals surface area contributed by atoms with Gasteiger partial charge in [-0.05, 0) is 18.9 Å². The summed E-state index contributed by atoms with van der Waals surface area (Å²) in [7, 11) is 3.34. The van der Waals surface area contributed by atoms with Gasteiger partial charge in [0, 0.05) is 18.2 Å². The monoisotopic (exact) mass is 207 g/mol. The van der Waals surface area contributed by atoms with E-state index in [1.165, 1.54) is 12.8 Å². The fourth-order valence-corrected chi connectivity index (χ4v) is 1.63. The summed E-state index contributed by atoms with van der Waals surface area (Å²) in [6, 6.07) is 6.68. The van der Waals surface area contributed by atoms with Gasteiger partial charge in [-0.2, -0.15) is 0 Å². The second-order valence-electron chi connectivity index (χ2n) is 3.81. The second kappa shape index (κ2) is 4.53. The Hall–Kier alpha value is -1.22. The number of nitrogens with one attached hydrogen (secondary N) is 1. The van der Waals surface area contributed by atoms with Crippen LogP contribution in [0.15, 0.2) is 18.2 Å². The van der Waals surface area contributed by atoms with Crippen LogP contribution in [0.4, 0.5) is 0 Å². The molecule has 3 nitrogen and oxygen atoms in total. The third kappa shape index (κ3) is 2.42. The van der Waals surface area contributed by atoms with Crippen molar-refractivity contribution in [3.05, 3.63) is 23.8 Å². The Labute approximate surface area is 90.4 Å². The number of methoxy groups -OCH3 is 2. The minimum absolute atomic E-state index is 0.709. The molecule has 1 aliphatic rings. The second-order valence-corrected chi connectivity index (χ2v) is 3.81. The van der Waals surface area contributed by atoms with Crippen molar-refractivity contribution >= 4 is 0 Å². The lowest BCUT2D eigenvalue weighted by molar-refractivity contribution is 0.350. The zero-order valence-electron chi connectivity index (χ0n) is 9.25. The fourth-order valence-electron chi connectivity index (χ4n) is 1.63. The van der Waals surface area contributed by atoms with Crippen LogP contribution in [0, 0.1) is 0 Å². The lowest BCUT2D eigenvalue weighted by Crippen LogP contribution is -2.16. The first-order chi connectivity index (χ1) is 7.35. The Morgan fingerprint density at radius 1 is 1.27 bits per heavy atom. The van der Waals surface area contributed by atoms with E-state index in [9.17, 15) is 0 Å². The minimum atomic E-state index is 0.709. The Bertz CT molecular complexity index is 334. The van der Waals surface area contributed by atoms with Crippen molar-refractivity contribution in [2.75, 3.05) is 14.2 Å². The van der Waals surface area contributed by atoms with E-state index in [-0.39, 0.29) is 0 Å². The molecule has 1 aromatic rings. The fraction of sp³-hybridized carbons (Fsp3) is 0.500. The highest BCUT2D eigenvalue weighted by molar-refractivity contribution is 5.46. The number of ether oxygens (including phenoxy) is 2. The molecule has 1 aliphatic carbocycles. The molecule has 0 bridgehead atoms. The summed E-state index contributed by atoms with van der Waals surface area (Å²) in [6.45, 7) is 0.852. The van der Waals surface area contributed by atoms with Gasteiger partial charge in [0.15, 0.2) is 11.5 Å². The van der Waals surface area contributed by atoms with Crippen LogP contribution < -0.4 is 14.8 Å². The Kier molecular flexibility index (Phi) is 3.11. The molecule has 15 heavy (non-hydrogen) atoms. The van der Waals surface area contributed by atoms with Crippen LogP contribution in [0.25, 0.3) is 0 Å². The number of para-hydroxylation sites is 1. The molecule has 1 saturated carbocycles. The van der Waals surface area contributed by atoms with Gasteiger partial charge in [-0.15, -0.1) is 0 Å². The Morgan fingerprint density at radius 3 is 2.67 bits per heavy atom. The van der Waals surface area contributed by atoms with E-state index in [4.69, 9.17) is 9.47 Å². The summed E-state index contributed by atoms with van der Waals surface area (Å²) in [5.41, 5.74) is 1.16. The lowest BCUT2D eigenvalue weighted by atomic mass is 10.2. The van der Waals surface area contributed by atoms with Crippen LogP contribution >= 0.6 is 0 Å². The van der Waals surface area contributed by atoms with Gasteiger partial charge in [0.05, 0.1) is 14.2 Å².